The Bertz CT molecular complexity index is 468. The molecule has 1 fully saturated rings. The van der Waals surface area contributed by atoms with Gasteiger partial charge in [0.1, 0.15) is 5.01 Å². The van der Waals surface area contributed by atoms with Gasteiger partial charge in [-0.15, -0.1) is 35.3 Å². The van der Waals surface area contributed by atoms with Crippen LogP contribution in [0.2, 0.25) is 0 Å². The van der Waals surface area contributed by atoms with Crippen LogP contribution in [0.5, 0.6) is 0 Å². The van der Waals surface area contributed by atoms with Crippen molar-refractivity contribution < 1.29 is 4.74 Å². The Labute approximate surface area is 154 Å². The van der Waals surface area contributed by atoms with Crippen molar-refractivity contribution in [2.75, 3.05) is 33.9 Å². The predicted molar refractivity (Wildman–Crippen MR) is 103 cm³/mol. The second-order valence-electron chi connectivity index (χ2n) is 5.59. The van der Waals surface area contributed by atoms with Crippen LogP contribution in [0.4, 0.5) is 0 Å². The normalized spacial score (nSPS) is 14.6. The van der Waals surface area contributed by atoms with E-state index in [1.54, 1.807) is 11.3 Å². The van der Waals surface area contributed by atoms with Gasteiger partial charge in [-0.25, -0.2) is 4.98 Å². The molecule has 0 bridgehead atoms. The van der Waals surface area contributed by atoms with Crippen molar-refractivity contribution in [2.45, 2.75) is 33.2 Å². The summed E-state index contributed by atoms with van der Waals surface area (Å²) >= 11 is 1.74. The summed E-state index contributed by atoms with van der Waals surface area (Å²) in [5, 5.41) is 4.46. The lowest BCUT2D eigenvalue weighted by Gasteiger charge is -2.21. The number of hydrogen-bond acceptors (Lipinski definition) is 4. The molecule has 1 aliphatic rings. The van der Waals surface area contributed by atoms with Crippen molar-refractivity contribution in [3.63, 3.8) is 0 Å². The summed E-state index contributed by atoms with van der Waals surface area (Å²) in [4.78, 5) is 12.2. The summed E-state index contributed by atoms with van der Waals surface area (Å²) in [6, 6.07) is 0. The van der Waals surface area contributed by atoms with Crippen LogP contribution < -0.4 is 5.32 Å². The molecule has 0 aliphatic heterocycles. The van der Waals surface area contributed by atoms with Crippen molar-refractivity contribution in [2.24, 2.45) is 10.9 Å². The van der Waals surface area contributed by atoms with E-state index >= 15 is 0 Å². The Morgan fingerprint density at radius 2 is 2.18 bits per heavy atom. The van der Waals surface area contributed by atoms with Gasteiger partial charge < -0.3 is 15.0 Å². The molecular weight excluding hydrogens is 411 g/mol. The maximum Gasteiger partial charge on any atom is 0.193 e. The maximum absolute atomic E-state index is 5.67. The highest BCUT2D eigenvalue weighted by Gasteiger charge is 2.21. The molecule has 1 heterocycles. The SMILES string of the molecule is CN=C(NCc1nc(C)c(C)s1)N(C)CCOCC1CC1.I. The van der Waals surface area contributed by atoms with Gasteiger partial charge in [-0.1, -0.05) is 0 Å². The number of aryl methyl sites for hydroxylation is 2. The van der Waals surface area contributed by atoms with Crippen LogP contribution in [0.15, 0.2) is 4.99 Å². The first-order valence-corrected chi connectivity index (χ1v) is 8.34. The van der Waals surface area contributed by atoms with Crippen molar-refractivity contribution in [3.8, 4) is 0 Å². The lowest BCUT2D eigenvalue weighted by molar-refractivity contribution is 0.115. The Kier molecular flexibility index (Phi) is 8.63. The Hall–Kier alpha value is -0.410. The van der Waals surface area contributed by atoms with Crippen LogP contribution in [0.3, 0.4) is 0 Å². The van der Waals surface area contributed by atoms with Gasteiger partial charge >= 0.3 is 0 Å². The van der Waals surface area contributed by atoms with Gasteiger partial charge in [-0.05, 0) is 32.6 Å². The van der Waals surface area contributed by atoms with E-state index in [1.165, 1.54) is 17.7 Å². The molecular formula is C15H27IN4OS. The third-order valence-electron chi connectivity index (χ3n) is 3.67. The number of nitrogens with one attached hydrogen (secondary N) is 1. The number of nitrogens with zero attached hydrogens (tertiary/aromatic N) is 3. The number of rotatable bonds is 7. The largest absolute Gasteiger partial charge is 0.379 e. The van der Waals surface area contributed by atoms with Crippen molar-refractivity contribution in [1.29, 1.82) is 0 Å². The van der Waals surface area contributed by atoms with Crippen molar-refractivity contribution >= 4 is 41.3 Å². The van der Waals surface area contributed by atoms with Crippen LogP contribution in [-0.2, 0) is 11.3 Å². The van der Waals surface area contributed by atoms with Gasteiger partial charge in [0.15, 0.2) is 5.96 Å². The van der Waals surface area contributed by atoms with E-state index in [9.17, 15) is 0 Å². The van der Waals surface area contributed by atoms with E-state index in [-0.39, 0.29) is 24.0 Å². The molecule has 1 aromatic rings. The summed E-state index contributed by atoms with van der Waals surface area (Å²) in [7, 11) is 3.84. The Balaban J connectivity index is 0.00000242. The van der Waals surface area contributed by atoms with Crippen LogP contribution in [0.1, 0.15) is 28.4 Å². The van der Waals surface area contributed by atoms with Gasteiger partial charge in [-0.2, -0.15) is 0 Å². The number of likely N-dealkylation sites (N-methyl/N-ethyl adjacent to an activating group) is 1. The molecule has 0 aromatic carbocycles. The maximum atomic E-state index is 5.67. The molecule has 7 heteroatoms. The molecule has 0 saturated heterocycles. The van der Waals surface area contributed by atoms with Crippen LogP contribution in [0.25, 0.3) is 0 Å². The van der Waals surface area contributed by atoms with E-state index in [2.05, 4.69) is 27.1 Å². The number of ether oxygens (including phenoxy) is 1. The van der Waals surface area contributed by atoms with Gasteiger partial charge in [0, 0.05) is 32.1 Å². The Morgan fingerprint density at radius 3 is 2.73 bits per heavy atom. The average molecular weight is 438 g/mol. The number of halogens is 1. The molecule has 1 aliphatic carbocycles. The van der Waals surface area contributed by atoms with E-state index in [1.807, 2.05) is 21.0 Å². The zero-order valence-electron chi connectivity index (χ0n) is 13.9. The number of guanidine groups is 1. The minimum Gasteiger partial charge on any atom is -0.379 e. The zero-order valence-corrected chi connectivity index (χ0v) is 17.0. The lowest BCUT2D eigenvalue weighted by atomic mass is 10.4. The van der Waals surface area contributed by atoms with E-state index in [4.69, 9.17) is 4.74 Å². The van der Waals surface area contributed by atoms with Crippen molar-refractivity contribution in [1.82, 2.24) is 15.2 Å². The fourth-order valence-corrected chi connectivity index (χ4v) is 2.87. The Morgan fingerprint density at radius 1 is 1.45 bits per heavy atom. The molecule has 0 amide bonds. The topological polar surface area (TPSA) is 49.8 Å². The van der Waals surface area contributed by atoms with Gasteiger partial charge in [0.25, 0.3) is 0 Å². The van der Waals surface area contributed by atoms with E-state index in [0.717, 1.165) is 48.9 Å². The molecule has 0 unspecified atom stereocenters. The highest BCUT2D eigenvalue weighted by atomic mass is 127. The van der Waals surface area contributed by atoms with Crippen LogP contribution in [0, 0.1) is 19.8 Å². The molecule has 0 atom stereocenters. The molecule has 22 heavy (non-hydrogen) atoms. The number of thiazole rings is 1. The second kappa shape index (κ2) is 9.67. The number of aliphatic imine (C=N–C) groups is 1. The molecule has 5 nitrogen and oxygen atoms in total. The van der Waals surface area contributed by atoms with E-state index < -0.39 is 0 Å². The minimum atomic E-state index is 0. The summed E-state index contributed by atoms with van der Waals surface area (Å²) in [5.41, 5.74) is 1.12. The molecule has 0 radical (unpaired) electrons. The van der Waals surface area contributed by atoms with Crippen LogP contribution in [-0.4, -0.2) is 49.7 Å². The first-order chi connectivity index (χ1) is 10.1. The minimum absolute atomic E-state index is 0. The summed E-state index contributed by atoms with van der Waals surface area (Å²) in [5.74, 6) is 1.71. The quantitative estimate of drug-likeness (QED) is 0.308. The summed E-state index contributed by atoms with van der Waals surface area (Å²) in [6.07, 6.45) is 2.68. The molecule has 1 saturated carbocycles. The number of hydrogen-bond donors (Lipinski definition) is 1. The standard InChI is InChI=1S/C15H26N4OS.HI/c1-11-12(2)21-14(18-11)9-17-15(16-3)19(4)7-8-20-10-13-5-6-13;/h13H,5-10H2,1-4H3,(H,16,17);1H. The molecule has 2 rings (SSSR count). The fourth-order valence-electron chi connectivity index (χ4n) is 2.00. The van der Waals surface area contributed by atoms with E-state index in [0.29, 0.717) is 0 Å². The van der Waals surface area contributed by atoms with Gasteiger partial charge in [0.05, 0.1) is 18.8 Å². The first-order valence-electron chi connectivity index (χ1n) is 7.52. The lowest BCUT2D eigenvalue weighted by Crippen LogP contribution is -2.40. The summed E-state index contributed by atoms with van der Waals surface area (Å²) < 4.78 is 5.67. The van der Waals surface area contributed by atoms with Crippen LogP contribution >= 0.6 is 35.3 Å². The monoisotopic (exact) mass is 438 g/mol. The summed E-state index contributed by atoms with van der Waals surface area (Å²) in [6.45, 7) is 7.39. The molecule has 1 N–H and O–H groups in total. The highest BCUT2D eigenvalue weighted by molar-refractivity contribution is 14.0. The predicted octanol–water partition coefficient (Wildman–Crippen LogP) is 2.81. The van der Waals surface area contributed by atoms with Gasteiger partial charge in [-0.3, -0.25) is 4.99 Å². The fraction of sp³-hybridized carbons (Fsp3) is 0.733. The number of aromatic nitrogens is 1. The first kappa shape index (κ1) is 19.6. The zero-order chi connectivity index (χ0) is 15.2. The molecule has 0 spiro atoms. The average Bonchev–Trinajstić information content (AvgIpc) is 3.22. The second-order valence-corrected chi connectivity index (χ2v) is 6.88. The smallest absolute Gasteiger partial charge is 0.193 e. The molecule has 126 valence electrons. The van der Waals surface area contributed by atoms with Gasteiger partial charge in [0.2, 0.25) is 0 Å². The third kappa shape index (κ3) is 6.37. The molecule has 1 aromatic heterocycles. The highest BCUT2D eigenvalue weighted by Crippen LogP contribution is 2.28. The van der Waals surface area contributed by atoms with Crippen molar-refractivity contribution in [3.05, 3.63) is 15.6 Å². The third-order valence-corrected chi connectivity index (χ3v) is 4.74.